The number of hydrogen-bond acceptors (Lipinski definition) is 5. The molecule has 0 heterocycles. The molecule has 0 aromatic heterocycles. The maximum atomic E-state index is 10.4. The number of hydrogen-bond donors (Lipinski definition) is 2. The fourth-order valence-electron chi connectivity index (χ4n) is 0.517. The molecule has 0 fully saturated rings. The van der Waals surface area contributed by atoms with Crippen LogP contribution in [0.15, 0.2) is 12.2 Å². The Kier molecular flexibility index (Phi) is 6.22. The van der Waals surface area contributed by atoms with Crippen LogP contribution in [0.25, 0.3) is 0 Å². The molecule has 0 aliphatic heterocycles. The first-order valence-electron chi connectivity index (χ1n) is 3.30. The van der Waals surface area contributed by atoms with E-state index in [9.17, 15) is 12.6 Å². The Hall–Kier alpha value is -0.175. The van der Waals surface area contributed by atoms with Gasteiger partial charge >= 0.3 is 81.0 Å². The third-order valence-electron chi connectivity index (χ3n) is 1.13. The quantitative estimate of drug-likeness (QED) is 0.335. The zero-order valence-corrected chi connectivity index (χ0v) is 8.92. The van der Waals surface area contributed by atoms with E-state index < -0.39 is 27.6 Å². The van der Waals surface area contributed by atoms with E-state index in [0.29, 0.717) is 5.57 Å². The minimum absolute atomic E-state index is 0.128. The predicted octanol–water partition coefficient (Wildman–Crippen LogP) is -1.30. The van der Waals surface area contributed by atoms with E-state index in [1.165, 1.54) is 0 Å². The second-order valence-corrected chi connectivity index (χ2v) is 3.87. The molecule has 13 heavy (non-hydrogen) atoms. The van der Waals surface area contributed by atoms with Gasteiger partial charge in [0.15, 0.2) is 0 Å². The Labute approximate surface area is 81.4 Å². The van der Waals surface area contributed by atoms with Crippen LogP contribution < -0.4 is 0 Å². The molecule has 0 saturated carbocycles. The van der Waals surface area contributed by atoms with Crippen molar-refractivity contribution >= 4 is 28.2 Å². The Morgan fingerprint density at radius 1 is 1.54 bits per heavy atom. The molecule has 0 rings (SSSR count). The molecule has 0 aliphatic carbocycles. The van der Waals surface area contributed by atoms with Crippen LogP contribution in [0.4, 0.5) is 0 Å². The van der Waals surface area contributed by atoms with Gasteiger partial charge in [-0.3, -0.25) is 0 Å². The van der Waals surface area contributed by atoms with Crippen LogP contribution in [-0.4, -0.2) is 32.1 Å². The van der Waals surface area contributed by atoms with Crippen LogP contribution in [-0.2, 0) is 29.9 Å². The molecule has 76 valence electrons. The molecular weight excluding hydrogens is 215 g/mol. The van der Waals surface area contributed by atoms with Crippen LogP contribution >= 0.6 is 0 Å². The van der Waals surface area contributed by atoms with Gasteiger partial charge in [0.25, 0.3) is 0 Å². The van der Waals surface area contributed by atoms with E-state index in [0.717, 1.165) is 0 Å². The van der Waals surface area contributed by atoms with Crippen molar-refractivity contribution < 1.29 is 21.0 Å². The first-order valence-corrected chi connectivity index (χ1v) is 5.76. The zero-order valence-electron chi connectivity index (χ0n) is 7.13. The van der Waals surface area contributed by atoms with Crippen molar-refractivity contribution in [2.24, 2.45) is 0 Å². The van der Waals surface area contributed by atoms with Gasteiger partial charge in [-0.2, -0.15) is 0 Å². The van der Waals surface area contributed by atoms with E-state index in [-0.39, 0.29) is 6.61 Å². The molecule has 0 N–H and O–H groups in total. The third-order valence-corrected chi connectivity index (χ3v) is 2.00. The van der Waals surface area contributed by atoms with Gasteiger partial charge in [-0.15, -0.1) is 0 Å². The molecule has 0 amide bonds. The van der Waals surface area contributed by atoms with Crippen LogP contribution in [0.2, 0.25) is 0 Å². The summed E-state index contributed by atoms with van der Waals surface area (Å²) in [5, 5.41) is 0. The molecule has 2 atom stereocenters. The fraction of sp³-hybridized carbons (Fsp3) is 0.600. The molecular formula is C5H11BO5S2. The summed E-state index contributed by atoms with van der Waals surface area (Å²) in [5.74, 6) is 0. The van der Waals surface area contributed by atoms with Crippen molar-refractivity contribution in [3.8, 4) is 0 Å². The van der Waals surface area contributed by atoms with Gasteiger partial charge in [-0.25, -0.2) is 0 Å². The Balaban J connectivity index is 4.18. The first-order chi connectivity index (χ1) is 5.93. The normalized spacial score (nSPS) is 15.5. The molecule has 0 aromatic rings. The van der Waals surface area contributed by atoms with Crippen LogP contribution in [0.3, 0.4) is 0 Å². The standard InChI is InChI=1S/C5H11BO5S2/c1-4(2)5(11-13(8)9)3-10-12(6)7/h5-6,12-13H,1,3H2,2H3. The monoisotopic (exact) mass is 226 g/mol. The predicted molar refractivity (Wildman–Crippen MR) is 52.6 cm³/mol. The summed E-state index contributed by atoms with van der Waals surface area (Å²) in [7, 11) is -4.96. The molecule has 0 spiro atoms. The van der Waals surface area contributed by atoms with E-state index in [4.69, 9.17) is 0 Å². The van der Waals surface area contributed by atoms with E-state index in [1.807, 2.05) is 0 Å². The summed E-state index contributed by atoms with van der Waals surface area (Å²) in [6, 6.07) is 0. The summed E-state index contributed by atoms with van der Waals surface area (Å²) in [5.41, 5.74) is 0.482. The van der Waals surface area contributed by atoms with E-state index >= 15 is 0 Å². The molecule has 0 aliphatic rings. The number of thiol groups is 2. The molecule has 0 aromatic carbocycles. The molecule has 8 heteroatoms. The van der Waals surface area contributed by atoms with Crippen molar-refractivity contribution in [2.45, 2.75) is 13.0 Å². The van der Waals surface area contributed by atoms with Crippen LogP contribution in [0.1, 0.15) is 6.92 Å². The SMILES string of the molecule is B=[SH](=O)OCC(O[SH](=O)=O)C(=C)C. The van der Waals surface area contributed by atoms with Gasteiger partial charge in [0, 0.05) is 0 Å². The molecule has 0 radical (unpaired) electrons. The van der Waals surface area contributed by atoms with E-state index in [2.05, 4.69) is 21.7 Å². The van der Waals surface area contributed by atoms with Crippen molar-refractivity contribution in [1.29, 1.82) is 0 Å². The number of rotatable bonds is 6. The zero-order chi connectivity index (χ0) is 10.4. The fourth-order valence-corrected chi connectivity index (χ4v) is 1.27. The second kappa shape index (κ2) is 6.30. The second-order valence-electron chi connectivity index (χ2n) is 2.29. The average Bonchev–Trinajstić information content (AvgIpc) is 1.96. The summed E-state index contributed by atoms with van der Waals surface area (Å²) >= 11 is 0. The van der Waals surface area contributed by atoms with Crippen molar-refractivity contribution in [1.82, 2.24) is 0 Å². The van der Waals surface area contributed by atoms with Crippen LogP contribution in [0, 0.1) is 0 Å². The van der Waals surface area contributed by atoms with Gasteiger partial charge in [-0.05, 0) is 0 Å². The summed E-state index contributed by atoms with van der Waals surface area (Å²) < 4.78 is 39.9. The van der Waals surface area contributed by atoms with Crippen LogP contribution in [0.5, 0.6) is 0 Å². The molecule has 0 bridgehead atoms. The minimum atomic E-state index is -2.96. The van der Waals surface area contributed by atoms with Crippen molar-refractivity contribution in [3.63, 3.8) is 0 Å². The van der Waals surface area contributed by atoms with Crippen molar-refractivity contribution in [2.75, 3.05) is 6.61 Å². The van der Waals surface area contributed by atoms with Gasteiger partial charge in [0.1, 0.15) is 0 Å². The molecule has 2 unspecified atom stereocenters. The Morgan fingerprint density at radius 2 is 2.08 bits per heavy atom. The first kappa shape index (κ1) is 12.8. The third kappa shape index (κ3) is 6.94. The van der Waals surface area contributed by atoms with Crippen molar-refractivity contribution in [3.05, 3.63) is 12.2 Å². The maximum absolute atomic E-state index is 10.4. The molecule has 5 nitrogen and oxygen atoms in total. The van der Waals surface area contributed by atoms with Gasteiger partial charge in [0.2, 0.25) is 0 Å². The van der Waals surface area contributed by atoms with Gasteiger partial charge in [0.05, 0.1) is 0 Å². The molecule has 0 saturated heterocycles. The summed E-state index contributed by atoms with van der Waals surface area (Å²) in [6.07, 6.45) is -0.790. The summed E-state index contributed by atoms with van der Waals surface area (Å²) in [6.45, 7) is 8.06. The van der Waals surface area contributed by atoms with Gasteiger partial charge in [-0.1, -0.05) is 0 Å². The topological polar surface area (TPSA) is 69.7 Å². The Bertz CT molecular complexity index is 303. The average molecular weight is 226 g/mol. The van der Waals surface area contributed by atoms with Gasteiger partial charge < -0.3 is 0 Å². The Morgan fingerprint density at radius 3 is 2.38 bits per heavy atom. The van der Waals surface area contributed by atoms with E-state index in [1.54, 1.807) is 6.92 Å². The summed E-state index contributed by atoms with van der Waals surface area (Å²) in [4.78, 5) is 0.